The van der Waals surface area contributed by atoms with Crippen molar-refractivity contribution in [3.05, 3.63) is 78.9 Å². The number of hydrogen-bond donors (Lipinski definition) is 1. The first kappa shape index (κ1) is 20.0. The van der Waals surface area contributed by atoms with Gasteiger partial charge in [-0.25, -0.2) is 8.42 Å². The summed E-state index contributed by atoms with van der Waals surface area (Å²) in [5.41, 5.74) is 4.39. The van der Waals surface area contributed by atoms with Gasteiger partial charge in [-0.1, -0.05) is 66.7 Å². The second-order valence-corrected chi connectivity index (χ2v) is 8.79. The zero-order valence-corrected chi connectivity index (χ0v) is 16.3. The topological polar surface area (TPSA) is 74.7 Å². The number of rotatable bonds is 7. The molecule has 6 heteroatoms. The number of aliphatic carboxylic acids is 1. The Morgan fingerprint density at radius 1 is 1.07 bits per heavy atom. The number of allylic oxidation sites excluding steroid dienone is 1. The summed E-state index contributed by atoms with van der Waals surface area (Å²) in [4.78, 5) is 11.3. The summed E-state index contributed by atoms with van der Waals surface area (Å²) in [6.45, 7) is 3.92. The van der Waals surface area contributed by atoms with E-state index in [9.17, 15) is 18.3 Å². The van der Waals surface area contributed by atoms with E-state index >= 15 is 0 Å². The zero-order valence-electron chi connectivity index (χ0n) is 15.5. The van der Waals surface area contributed by atoms with Crippen LogP contribution in [-0.4, -0.2) is 42.1 Å². The van der Waals surface area contributed by atoms with E-state index in [1.165, 1.54) is 10.4 Å². The maximum atomic E-state index is 12.6. The minimum absolute atomic E-state index is 0.105. The molecule has 2 aromatic carbocycles. The van der Waals surface area contributed by atoms with E-state index in [0.29, 0.717) is 6.42 Å². The molecule has 0 amide bonds. The van der Waals surface area contributed by atoms with E-state index in [1.807, 2.05) is 36.4 Å². The molecule has 28 heavy (non-hydrogen) atoms. The Balaban J connectivity index is 1.75. The maximum Gasteiger partial charge on any atom is 0.323 e. The maximum absolute atomic E-state index is 12.6. The lowest BCUT2D eigenvalue weighted by atomic mass is 9.97. The molecule has 146 valence electrons. The summed E-state index contributed by atoms with van der Waals surface area (Å²) in [6.07, 6.45) is 3.64. The van der Waals surface area contributed by atoms with Gasteiger partial charge >= 0.3 is 5.97 Å². The standard InChI is InChI=1S/C22H23NO4S/c1-2-6-21(22(24)25)28(26,27)23-15-13-20(14-16-23)19-11-9-18(10-12-19)17-7-4-3-5-8-17/h2-5,7-13,21H,1,6,14-16H2,(H,24,25). The molecule has 3 rings (SSSR count). The van der Waals surface area contributed by atoms with E-state index in [2.05, 4.69) is 30.8 Å². The van der Waals surface area contributed by atoms with Gasteiger partial charge in [0.2, 0.25) is 10.0 Å². The lowest BCUT2D eigenvalue weighted by Gasteiger charge is -2.28. The fourth-order valence-electron chi connectivity index (χ4n) is 3.33. The Morgan fingerprint density at radius 3 is 2.21 bits per heavy atom. The van der Waals surface area contributed by atoms with Crippen LogP contribution in [0.3, 0.4) is 0 Å². The third-order valence-electron chi connectivity index (χ3n) is 4.91. The zero-order chi connectivity index (χ0) is 20.1. The predicted octanol–water partition coefficient (Wildman–Crippen LogP) is 3.80. The quantitative estimate of drug-likeness (QED) is 0.721. The molecule has 0 spiro atoms. The van der Waals surface area contributed by atoms with Gasteiger partial charge in [0.1, 0.15) is 0 Å². The van der Waals surface area contributed by atoms with Crippen LogP contribution < -0.4 is 0 Å². The van der Waals surface area contributed by atoms with Crippen LogP contribution in [0, 0.1) is 0 Å². The fraction of sp³-hybridized carbons (Fsp3) is 0.227. The Morgan fingerprint density at radius 2 is 1.68 bits per heavy atom. The number of sulfonamides is 1. The highest BCUT2D eigenvalue weighted by Gasteiger charge is 2.37. The van der Waals surface area contributed by atoms with Crippen LogP contribution in [0.1, 0.15) is 18.4 Å². The first-order valence-electron chi connectivity index (χ1n) is 9.11. The Hall–Kier alpha value is -2.70. The Bertz CT molecular complexity index is 979. The molecule has 1 unspecified atom stereocenters. The highest BCUT2D eigenvalue weighted by Crippen LogP contribution is 2.27. The van der Waals surface area contributed by atoms with Gasteiger partial charge in [-0.15, -0.1) is 6.58 Å². The SMILES string of the molecule is C=CCC(C(=O)O)S(=O)(=O)N1CC=C(c2ccc(-c3ccccc3)cc2)CC1. The first-order valence-corrected chi connectivity index (χ1v) is 10.6. The van der Waals surface area contributed by atoms with Crippen molar-refractivity contribution in [3.63, 3.8) is 0 Å². The molecule has 0 radical (unpaired) electrons. The third kappa shape index (κ3) is 4.24. The fourth-order valence-corrected chi connectivity index (χ4v) is 4.95. The number of carbonyl (C=O) groups is 1. The highest BCUT2D eigenvalue weighted by atomic mass is 32.2. The van der Waals surface area contributed by atoms with Crippen LogP contribution in [0.15, 0.2) is 73.3 Å². The molecule has 2 aromatic rings. The average Bonchev–Trinajstić information content (AvgIpc) is 2.72. The van der Waals surface area contributed by atoms with Crippen molar-refractivity contribution in [3.8, 4) is 11.1 Å². The lowest BCUT2D eigenvalue weighted by molar-refractivity contribution is -0.136. The monoisotopic (exact) mass is 397 g/mol. The Kier molecular flexibility index (Phi) is 6.11. The number of carboxylic acid groups (broad SMARTS) is 1. The molecule has 0 saturated carbocycles. The van der Waals surface area contributed by atoms with Crippen LogP contribution in [0.25, 0.3) is 16.7 Å². The number of nitrogens with zero attached hydrogens (tertiary/aromatic N) is 1. The summed E-state index contributed by atoms with van der Waals surface area (Å²) < 4.78 is 26.5. The molecule has 0 saturated heterocycles. The molecular formula is C22H23NO4S. The van der Waals surface area contributed by atoms with Crippen LogP contribution in [0.4, 0.5) is 0 Å². The summed E-state index contributed by atoms with van der Waals surface area (Å²) in [5.74, 6) is -1.34. The smallest absolute Gasteiger partial charge is 0.323 e. The van der Waals surface area contributed by atoms with Gasteiger partial charge in [-0.3, -0.25) is 4.79 Å². The molecule has 1 aliphatic rings. The molecule has 0 fully saturated rings. The number of carboxylic acids is 1. The summed E-state index contributed by atoms with van der Waals surface area (Å²) in [7, 11) is -3.92. The van der Waals surface area contributed by atoms with Crippen LogP contribution >= 0.6 is 0 Å². The summed E-state index contributed by atoms with van der Waals surface area (Å²) >= 11 is 0. The van der Waals surface area contributed by atoms with Gasteiger partial charge < -0.3 is 5.11 Å². The summed E-state index contributed by atoms with van der Waals surface area (Å²) in [5, 5.41) is 7.77. The number of hydrogen-bond acceptors (Lipinski definition) is 3. The molecule has 1 aliphatic heterocycles. The van der Waals surface area contributed by atoms with Crippen molar-refractivity contribution in [1.29, 1.82) is 0 Å². The average molecular weight is 397 g/mol. The normalized spacial score (nSPS) is 16.2. The van der Waals surface area contributed by atoms with Gasteiger partial charge in [0.05, 0.1) is 0 Å². The largest absolute Gasteiger partial charge is 0.480 e. The van der Waals surface area contributed by atoms with E-state index in [4.69, 9.17) is 0 Å². The van der Waals surface area contributed by atoms with E-state index < -0.39 is 21.2 Å². The van der Waals surface area contributed by atoms with Gasteiger partial charge in [0.25, 0.3) is 0 Å². The van der Waals surface area contributed by atoms with Crippen molar-refractivity contribution in [2.24, 2.45) is 0 Å². The van der Waals surface area contributed by atoms with Crippen molar-refractivity contribution < 1.29 is 18.3 Å². The van der Waals surface area contributed by atoms with E-state index in [1.54, 1.807) is 0 Å². The van der Waals surface area contributed by atoms with Gasteiger partial charge in [-0.05, 0) is 35.1 Å². The lowest BCUT2D eigenvalue weighted by Crippen LogP contribution is -2.44. The minimum atomic E-state index is -3.92. The van der Waals surface area contributed by atoms with Gasteiger partial charge in [0, 0.05) is 13.1 Å². The molecule has 0 bridgehead atoms. The number of benzene rings is 2. The Labute approximate surface area is 165 Å². The van der Waals surface area contributed by atoms with Gasteiger partial charge in [-0.2, -0.15) is 4.31 Å². The van der Waals surface area contributed by atoms with Crippen molar-refractivity contribution in [1.82, 2.24) is 4.31 Å². The third-order valence-corrected chi connectivity index (χ3v) is 7.07. The van der Waals surface area contributed by atoms with Crippen molar-refractivity contribution in [2.45, 2.75) is 18.1 Å². The van der Waals surface area contributed by atoms with Crippen LogP contribution in [0.5, 0.6) is 0 Å². The highest BCUT2D eigenvalue weighted by molar-refractivity contribution is 7.90. The predicted molar refractivity (Wildman–Crippen MR) is 111 cm³/mol. The molecule has 0 aromatic heterocycles. The van der Waals surface area contributed by atoms with Crippen molar-refractivity contribution in [2.75, 3.05) is 13.1 Å². The van der Waals surface area contributed by atoms with Crippen LogP contribution in [0.2, 0.25) is 0 Å². The molecular weight excluding hydrogens is 374 g/mol. The minimum Gasteiger partial charge on any atom is -0.480 e. The second-order valence-electron chi connectivity index (χ2n) is 6.68. The van der Waals surface area contributed by atoms with Crippen LogP contribution in [-0.2, 0) is 14.8 Å². The second kappa shape index (κ2) is 8.54. The summed E-state index contributed by atoms with van der Waals surface area (Å²) in [6, 6.07) is 18.3. The van der Waals surface area contributed by atoms with Gasteiger partial charge in [0.15, 0.2) is 5.25 Å². The van der Waals surface area contributed by atoms with E-state index in [-0.39, 0.29) is 19.5 Å². The van der Waals surface area contributed by atoms with E-state index in [0.717, 1.165) is 22.3 Å². The molecule has 1 heterocycles. The molecule has 1 N–H and O–H groups in total. The first-order chi connectivity index (χ1) is 13.4. The van der Waals surface area contributed by atoms with Crippen molar-refractivity contribution >= 4 is 21.6 Å². The molecule has 0 aliphatic carbocycles. The molecule has 1 atom stereocenters. The molecule has 5 nitrogen and oxygen atoms in total.